The quantitative estimate of drug-likeness (QED) is 0.659. The molecule has 1 aromatic heterocycles. The number of fused-ring (bicyclic) bond motifs is 1. The fraction of sp³-hybridized carbons (Fsp3) is 0.273. The largest absolute Gasteiger partial charge is 0.350 e. The second-order valence-electron chi connectivity index (χ2n) is 3.37. The molecular weight excluding hydrogens is 184 g/mol. The van der Waals surface area contributed by atoms with E-state index in [0.29, 0.717) is 11.8 Å². The minimum Gasteiger partial charge on any atom is -0.350 e. The molecule has 1 nitrogen and oxygen atoms in total. The van der Waals surface area contributed by atoms with E-state index < -0.39 is 11.6 Å². The van der Waals surface area contributed by atoms with Crippen LogP contribution in [0, 0.1) is 11.6 Å². The highest BCUT2D eigenvalue weighted by molar-refractivity contribution is 5.84. The third kappa shape index (κ3) is 1.12. The predicted octanol–water partition coefficient (Wildman–Crippen LogP) is 3.02. The zero-order valence-corrected chi connectivity index (χ0v) is 8.14. The van der Waals surface area contributed by atoms with Crippen LogP contribution in [0.4, 0.5) is 8.78 Å². The second kappa shape index (κ2) is 3.08. The number of hydrogen-bond acceptors (Lipinski definition) is 0. The first kappa shape index (κ1) is 9.19. The molecule has 2 rings (SSSR count). The predicted molar refractivity (Wildman–Crippen MR) is 52.2 cm³/mol. The van der Waals surface area contributed by atoms with Crippen LogP contribution in [0.2, 0.25) is 0 Å². The first-order valence-corrected chi connectivity index (χ1v) is 4.57. The lowest BCUT2D eigenvalue weighted by Crippen LogP contribution is -1.88. The van der Waals surface area contributed by atoms with Crippen LogP contribution in [0.25, 0.3) is 10.9 Å². The summed E-state index contributed by atoms with van der Waals surface area (Å²) in [6, 6.07) is 2.77. The monoisotopic (exact) mass is 195 g/mol. The highest BCUT2D eigenvalue weighted by atomic mass is 19.2. The van der Waals surface area contributed by atoms with E-state index in [1.807, 2.05) is 24.7 Å². The van der Waals surface area contributed by atoms with Gasteiger partial charge in [0.1, 0.15) is 0 Å². The average molecular weight is 195 g/mol. The molecule has 14 heavy (non-hydrogen) atoms. The van der Waals surface area contributed by atoms with Crippen LogP contribution >= 0.6 is 0 Å². The third-order valence-corrected chi connectivity index (χ3v) is 2.50. The van der Waals surface area contributed by atoms with Gasteiger partial charge in [0.25, 0.3) is 0 Å². The van der Waals surface area contributed by atoms with Gasteiger partial charge in [-0.05, 0) is 24.1 Å². The van der Waals surface area contributed by atoms with Gasteiger partial charge in [0.15, 0.2) is 11.6 Å². The van der Waals surface area contributed by atoms with Crippen molar-refractivity contribution in [1.82, 2.24) is 4.57 Å². The van der Waals surface area contributed by atoms with E-state index in [9.17, 15) is 8.78 Å². The number of nitrogens with zero attached hydrogens (tertiary/aromatic N) is 1. The molecule has 1 aromatic carbocycles. The molecule has 3 heteroatoms. The summed E-state index contributed by atoms with van der Waals surface area (Å²) in [5.41, 5.74) is 1.58. The SMILES string of the molecule is CCc1cn(C)c2ccc(F)c(F)c12. The summed E-state index contributed by atoms with van der Waals surface area (Å²) >= 11 is 0. The maximum absolute atomic E-state index is 13.5. The van der Waals surface area contributed by atoms with Crippen LogP contribution in [0.5, 0.6) is 0 Å². The molecule has 0 unspecified atom stereocenters. The van der Waals surface area contributed by atoms with Gasteiger partial charge in [0.05, 0.1) is 5.52 Å². The van der Waals surface area contributed by atoms with Crippen molar-refractivity contribution in [2.75, 3.05) is 0 Å². The van der Waals surface area contributed by atoms with Gasteiger partial charge in [-0.3, -0.25) is 0 Å². The number of benzene rings is 1. The van der Waals surface area contributed by atoms with Crippen molar-refractivity contribution in [1.29, 1.82) is 0 Å². The van der Waals surface area contributed by atoms with Gasteiger partial charge >= 0.3 is 0 Å². The first-order chi connectivity index (χ1) is 6.65. The zero-order valence-electron chi connectivity index (χ0n) is 8.14. The van der Waals surface area contributed by atoms with E-state index in [2.05, 4.69) is 0 Å². The summed E-state index contributed by atoms with van der Waals surface area (Å²) < 4.78 is 28.3. The van der Waals surface area contributed by atoms with E-state index in [1.54, 1.807) is 6.07 Å². The lowest BCUT2D eigenvalue weighted by molar-refractivity contribution is 0.516. The Morgan fingerprint density at radius 3 is 2.64 bits per heavy atom. The molecule has 0 radical (unpaired) electrons. The lowest BCUT2D eigenvalue weighted by atomic mass is 10.1. The Hall–Kier alpha value is -1.38. The van der Waals surface area contributed by atoms with Crippen LogP contribution < -0.4 is 0 Å². The summed E-state index contributed by atoms with van der Waals surface area (Å²) in [4.78, 5) is 0. The highest BCUT2D eigenvalue weighted by Crippen LogP contribution is 2.25. The standard InChI is InChI=1S/C11H11F2N/c1-3-7-6-14(2)9-5-4-8(12)11(13)10(7)9/h4-6H,3H2,1-2H3. The van der Waals surface area contributed by atoms with Crippen LogP contribution in [-0.2, 0) is 13.5 Å². The fourth-order valence-corrected chi connectivity index (χ4v) is 1.78. The molecule has 1 heterocycles. The van der Waals surface area contributed by atoms with Gasteiger partial charge < -0.3 is 4.57 Å². The van der Waals surface area contributed by atoms with Gasteiger partial charge in [-0.1, -0.05) is 6.92 Å². The molecule has 0 aliphatic carbocycles. The Balaban J connectivity index is 2.91. The van der Waals surface area contributed by atoms with E-state index in [-0.39, 0.29) is 0 Å². The normalized spacial score (nSPS) is 11.1. The summed E-state index contributed by atoms with van der Waals surface area (Å²) in [6.45, 7) is 1.93. The maximum Gasteiger partial charge on any atom is 0.168 e. The van der Waals surface area contributed by atoms with Crippen molar-refractivity contribution in [3.05, 3.63) is 35.5 Å². The molecule has 0 aliphatic rings. The topological polar surface area (TPSA) is 4.93 Å². The van der Waals surface area contributed by atoms with Gasteiger partial charge in [-0.25, -0.2) is 8.78 Å². The molecule has 0 saturated carbocycles. The maximum atomic E-state index is 13.5. The molecule has 74 valence electrons. The van der Waals surface area contributed by atoms with E-state index in [4.69, 9.17) is 0 Å². The first-order valence-electron chi connectivity index (χ1n) is 4.57. The Morgan fingerprint density at radius 1 is 1.29 bits per heavy atom. The molecule has 0 atom stereocenters. The molecule has 0 saturated heterocycles. The van der Waals surface area contributed by atoms with Crippen LogP contribution in [0.15, 0.2) is 18.3 Å². The molecule has 0 spiro atoms. The van der Waals surface area contributed by atoms with Crippen molar-refractivity contribution in [2.45, 2.75) is 13.3 Å². The number of aromatic nitrogens is 1. The van der Waals surface area contributed by atoms with Crippen molar-refractivity contribution in [3.8, 4) is 0 Å². The van der Waals surface area contributed by atoms with E-state index >= 15 is 0 Å². The number of rotatable bonds is 1. The van der Waals surface area contributed by atoms with Gasteiger partial charge in [-0.2, -0.15) is 0 Å². The summed E-state index contributed by atoms with van der Waals surface area (Å²) in [5, 5.41) is 0.412. The van der Waals surface area contributed by atoms with E-state index in [1.165, 1.54) is 0 Å². The molecule has 0 N–H and O–H groups in total. The van der Waals surface area contributed by atoms with Crippen molar-refractivity contribution >= 4 is 10.9 Å². The molecule has 2 aromatic rings. The minimum atomic E-state index is -0.779. The highest BCUT2D eigenvalue weighted by Gasteiger charge is 2.13. The molecular formula is C11H11F2N. The van der Waals surface area contributed by atoms with E-state index in [0.717, 1.165) is 17.1 Å². The van der Waals surface area contributed by atoms with Gasteiger partial charge in [-0.15, -0.1) is 0 Å². The molecule has 0 bridgehead atoms. The number of aryl methyl sites for hydroxylation is 2. The Bertz CT molecular complexity index is 485. The summed E-state index contributed by atoms with van der Waals surface area (Å²) in [7, 11) is 1.83. The molecule has 0 aliphatic heterocycles. The fourth-order valence-electron chi connectivity index (χ4n) is 1.78. The summed E-state index contributed by atoms with van der Waals surface area (Å²) in [6.07, 6.45) is 2.55. The Labute approximate surface area is 81.0 Å². The van der Waals surface area contributed by atoms with Crippen LogP contribution in [0.1, 0.15) is 12.5 Å². The number of hydrogen-bond donors (Lipinski definition) is 0. The zero-order chi connectivity index (χ0) is 10.3. The number of halogens is 2. The van der Waals surface area contributed by atoms with Crippen molar-refractivity contribution in [3.63, 3.8) is 0 Å². The minimum absolute atomic E-state index is 0.412. The second-order valence-corrected chi connectivity index (χ2v) is 3.37. The Kier molecular flexibility index (Phi) is 2.02. The summed E-state index contributed by atoms with van der Waals surface area (Å²) in [5.74, 6) is -1.52. The van der Waals surface area contributed by atoms with Gasteiger partial charge in [0.2, 0.25) is 0 Å². The Morgan fingerprint density at radius 2 is 2.00 bits per heavy atom. The van der Waals surface area contributed by atoms with Crippen LogP contribution in [-0.4, -0.2) is 4.57 Å². The molecule has 0 amide bonds. The van der Waals surface area contributed by atoms with Gasteiger partial charge in [0, 0.05) is 18.6 Å². The third-order valence-electron chi connectivity index (χ3n) is 2.50. The average Bonchev–Trinajstić information content (AvgIpc) is 2.50. The molecule has 0 fully saturated rings. The van der Waals surface area contributed by atoms with Crippen molar-refractivity contribution < 1.29 is 8.78 Å². The van der Waals surface area contributed by atoms with Crippen molar-refractivity contribution in [2.24, 2.45) is 7.05 Å². The van der Waals surface area contributed by atoms with Crippen LogP contribution in [0.3, 0.4) is 0 Å². The smallest absolute Gasteiger partial charge is 0.168 e. The lowest BCUT2D eigenvalue weighted by Gasteiger charge is -1.98.